The molecule has 1 aliphatic heterocycles. The van der Waals surface area contributed by atoms with Crippen LogP contribution >= 0.6 is 0 Å². The first-order valence-electron chi connectivity index (χ1n) is 15.2. The number of carbonyl (C=O) groups excluding carboxylic acids is 1. The number of aryl methyl sites for hydroxylation is 1. The Morgan fingerprint density at radius 3 is 2.57 bits per heavy atom. The third-order valence-electron chi connectivity index (χ3n) is 9.03. The maximum atomic E-state index is 14.0. The van der Waals surface area contributed by atoms with Gasteiger partial charge in [-0.05, 0) is 63.1 Å². The highest BCUT2D eigenvalue weighted by Gasteiger charge is 2.54. The molecule has 1 amide bonds. The van der Waals surface area contributed by atoms with E-state index < -0.39 is 26.2 Å². The number of hydrogen-bond donors (Lipinski definition) is 3. The van der Waals surface area contributed by atoms with Gasteiger partial charge in [-0.3, -0.25) is 14.6 Å². The Kier molecular flexibility index (Phi) is 8.15. The number of likely N-dealkylation sites (N-methyl/N-ethyl adjacent to an activating group) is 1. The smallest absolute Gasteiger partial charge is 0.256 e. The summed E-state index contributed by atoms with van der Waals surface area (Å²) in [7, 11) is -0.455. The van der Waals surface area contributed by atoms with Crippen LogP contribution in [0.1, 0.15) is 40.9 Å². The minimum absolute atomic E-state index is 0.0556. The molecule has 1 saturated carbocycles. The van der Waals surface area contributed by atoms with Gasteiger partial charge in [-0.15, -0.1) is 6.58 Å². The lowest BCUT2D eigenvalue weighted by Crippen LogP contribution is -2.44. The quantitative estimate of drug-likeness (QED) is 0.221. The molecular formula is C33H38N6O6S. The number of benzene rings is 1. The molecule has 1 saturated heterocycles. The number of methoxy groups -OCH3 is 1. The molecule has 6 rings (SSSR count). The van der Waals surface area contributed by atoms with Crippen molar-refractivity contribution in [2.75, 3.05) is 45.2 Å². The second-order valence-corrected chi connectivity index (χ2v) is 14.4. The summed E-state index contributed by atoms with van der Waals surface area (Å²) < 4.78 is 33.5. The van der Waals surface area contributed by atoms with Gasteiger partial charge in [0.05, 0.1) is 58.5 Å². The SMILES string of the molecule is C=CCC1(S(=O)(=O)n2cc(O)c3c(C(=O)NCc4c(OC)cc(C)[nH]c4=O)cc(-c4cncc(N5CCN(C)CC5)c4)cc32)CC1. The molecule has 12 nitrogen and oxygen atoms in total. The van der Waals surface area contributed by atoms with Crippen LogP contribution in [0.2, 0.25) is 0 Å². The molecule has 4 heterocycles. The standard InChI is InChI=1S/C33H38N6O6S/c1-5-6-33(7-8-33)46(43,44)39-20-28(40)30-25(31(41)35-19-26-29(45-4)13-21(2)36-32(26)42)15-22(16-27(30)39)23-14-24(18-34-17-23)38-11-9-37(3)10-12-38/h5,13-18,20,40H,1,6-12,19H2,2-4H3,(H,35,41)(H,36,42). The van der Waals surface area contributed by atoms with Gasteiger partial charge < -0.3 is 29.9 Å². The predicted molar refractivity (Wildman–Crippen MR) is 177 cm³/mol. The number of H-pyrrole nitrogens is 1. The van der Waals surface area contributed by atoms with Crippen molar-refractivity contribution in [3.05, 3.63) is 82.7 Å². The summed E-state index contributed by atoms with van der Waals surface area (Å²) in [6, 6.07) is 6.92. The number of piperazine rings is 1. The number of rotatable bonds is 10. The zero-order valence-electron chi connectivity index (χ0n) is 26.2. The molecule has 242 valence electrons. The van der Waals surface area contributed by atoms with E-state index in [1.807, 2.05) is 6.07 Å². The largest absolute Gasteiger partial charge is 0.506 e. The van der Waals surface area contributed by atoms with E-state index in [-0.39, 0.29) is 40.7 Å². The van der Waals surface area contributed by atoms with Gasteiger partial charge in [0.1, 0.15) is 11.5 Å². The minimum atomic E-state index is -3.98. The van der Waals surface area contributed by atoms with E-state index in [1.165, 1.54) is 7.11 Å². The normalized spacial score (nSPS) is 16.4. The summed E-state index contributed by atoms with van der Waals surface area (Å²) in [4.78, 5) is 38.3. The Hall–Kier alpha value is -4.62. The highest BCUT2D eigenvalue weighted by Crippen LogP contribution is 2.49. The average molecular weight is 647 g/mol. The zero-order chi connectivity index (χ0) is 32.8. The third kappa shape index (κ3) is 5.53. The van der Waals surface area contributed by atoms with Gasteiger partial charge in [-0.1, -0.05) is 6.08 Å². The van der Waals surface area contributed by atoms with E-state index >= 15 is 0 Å². The van der Waals surface area contributed by atoms with E-state index in [0.717, 1.165) is 42.0 Å². The number of ether oxygens (including phenoxy) is 1. The van der Waals surface area contributed by atoms with Crippen LogP contribution in [0.5, 0.6) is 11.5 Å². The summed E-state index contributed by atoms with van der Waals surface area (Å²) in [6.07, 6.45) is 7.43. The number of aromatic nitrogens is 3. The molecule has 13 heteroatoms. The molecule has 2 fully saturated rings. The predicted octanol–water partition coefficient (Wildman–Crippen LogP) is 3.38. The highest BCUT2D eigenvalue weighted by molar-refractivity contribution is 7.91. The van der Waals surface area contributed by atoms with Crippen LogP contribution in [0, 0.1) is 6.92 Å². The van der Waals surface area contributed by atoms with Crippen molar-refractivity contribution in [3.63, 3.8) is 0 Å². The third-order valence-corrected chi connectivity index (χ3v) is 11.5. The molecular weight excluding hydrogens is 608 g/mol. The van der Waals surface area contributed by atoms with Crippen LogP contribution in [0.15, 0.2) is 60.3 Å². The number of anilines is 1. The number of allylic oxidation sites excluding steroid dienone is 1. The Labute approximate surface area is 267 Å². The van der Waals surface area contributed by atoms with Gasteiger partial charge >= 0.3 is 0 Å². The minimum Gasteiger partial charge on any atom is -0.506 e. The monoisotopic (exact) mass is 646 g/mol. The van der Waals surface area contributed by atoms with Crippen LogP contribution < -0.4 is 20.5 Å². The van der Waals surface area contributed by atoms with Crippen molar-refractivity contribution in [1.29, 1.82) is 0 Å². The fourth-order valence-electron chi connectivity index (χ4n) is 6.16. The molecule has 0 radical (unpaired) electrons. The summed E-state index contributed by atoms with van der Waals surface area (Å²) in [5, 5.41) is 14.0. The molecule has 0 spiro atoms. The molecule has 3 N–H and O–H groups in total. The topological polar surface area (TPSA) is 150 Å². The Morgan fingerprint density at radius 1 is 1.15 bits per heavy atom. The molecule has 1 aliphatic carbocycles. The van der Waals surface area contributed by atoms with Crippen LogP contribution in [0.25, 0.3) is 22.0 Å². The van der Waals surface area contributed by atoms with Crippen molar-refractivity contribution < 1.29 is 23.1 Å². The van der Waals surface area contributed by atoms with E-state index in [4.69, 9.17) is 4.74 Å². The Bertz CT molecular complexity index is 2000. The molecule has 0 unspecified atom stereocenters. The van der Waals surface area contributed by atoms with Crippen molar-refractivity contribution in [2.45, 2.75) is 37.5 Å². The first kappa shape index (κ1) is 31.4. The average Bonchev–Trinajstić information content (AvgIpc) is 3.76. The maximum absolute atomic E-state index is 14.0. The Morgan fingerprint density at radius 2 is 1.89 bits per heavy atom. The van der Waals surface area contributed by atoms with Crippen molar-refractivity contribution >= 4 is 32.5 Å². The van der Waals surface area contributed by atoms with Gasteiger partial charge in [0.15, 0.2) is 0 Å². The second kappa shape index (κ2) is 12.0. The first-order chi connectivity index (χ1) is 22.0. The second-order valence-electron chi connectivity index (χ2n) is 12.1. The van der Waals surface area contributed by atoms with Gasteiger partial charge in [0, 0.05) is 43.6 Å². The fraction of sp³-hybridized carbons (Fsp3) is 0.364. The molecule has 0 bridgehead atoms. The molecule has 2 aliphatic rings. The van der Waals surface area contributed by atoms with Crippen molar-refractivity contribution in [3.8, 4) is 22.6 Å². The molecule has 1 aromatic carbocycles. The molecule has 0 atom stereocenters. The lowest BCUT2D eigenvalue weighted by Gasteiger charge is -2.34. The van der Waals surface area contributed by atoms with Gasteiger partial charge in [-0.25, -0.2) is 12.4 Å². The first-order valence-corrected chi connectivity index (χ1v) is 16.6. The number of aromatic hydroxyl groups is 1. The number of amides is 1. The molecule has 4 aromatic rings. The summed E-state index contributed by atoms with van der Waals surface area (Å²) in [5.41, 5.74) is 2.80. The zero-order valence-corrected chi connectivity index (χ0v) is 27.0. The number of aromatic amines is 1. The molecule has 3 aromatic heterocycles. The Balaban J connectivity index is 1.47. The van der Waals surface area contributed by atoms with Crippen LogP contribution in [0.4, 0.5) is 5.69 Å². The van der Waals surface area contributed by atoms with Crippen LogP contribution in [-0.4, -0.2) is 83.4 Å². The van der Waals surface area contributed by atoms with Crippen molar-refractivity contribution in [1.82, 2.24) is 24.2 Å². The number of nitrogens with zero attached hydrogens (tertiary/aromatic N) is 4. The number of hydrogen-bond acceptors (Lipinski definition) is 9. The number of nitrogens with one attached hydrogen (secondary N) is 2. The van der Waals surface area contributed by atoms with Crippen LogP contribution in [-0.2, 0) is 16.6 Å². The number of pyridine rings is 2. The van der Waals surface area contributed by atoms with Crippen molar-refractivity contribution in [2.24, 2.45) is 0 Å². The fourth-order valence-corrected chi connectivity index (χ4v) is 8.17. The van der Waals surface area contributed by atoms with E-state index in [0.29, 0.717) is 35.4 Å². The summed E-state index contributed by atoms with van der Waals surface area (Å²) >= 11 is 0. The van der Waals surface area contributed by atoms with E-state index in [2.05, 4.69) is 38.7 Å². The van der Waals surface area contributed by atoms with Gasteiger partial charge in [-0.2, -0.15) is 0 Å². The van der Waals surface area contributed by atoms with E-state index in [1.54, 1.807) is 43.6 Å². The van der Waals surface area contributed by atoms with Gasteiger partial charge in [0.25, 0.3) is 11.5 Å². The van der Waals surface area contributed by atoms with Crippen LogP contribution in [0.3, 0.4) is 0 Å². The lowest BCUT2D eigenvalue weighted by molar-refractivity contribution is 0.0952. The van der Waals surface area contributed by atoms with Gasteiger partial charge in [0.2, 0.25) is 10.0 Å². The highest BCUT2D eigenvalue weighted by atomic mass is 32.2. The van der Waals surface area contributed by atoms with E-state index in [9.17, 15) is 23.1 Å². The number of carbonyl (C=O) groups is 1. The molecule has 46 heavy (non-hydrogen) atoms. The maximum Gasteiger partial charge on any atom is 0.256 e. The summed E-state index contributed by atoms with van der Waals surface area (Å²) in [6.45, 7) is 8.79. The summed E-state index contributed by atoms with van der Waals surface area (Å²) in [5.74, 6) is -0.626. The lowest BCUT2D eigenvalue weighted by atomic mass is 10.00. The number of fused-ring (bicyclic) bond motifs is 1.